The van der Waals surface area contributed by atoms with E-state index in [1.807, 2.05) is 11.8 Å². The number of hydrogen-bond donors (Lipinski definition) is 1. The summed E-state index contributed by atoms with van der Waals surface area (Å²) in [5, 5.41) is 0. The second-order valence-electron chi connectivity index (χ2n) is 5.69. The molecule has 0 aromatic heterocycles. The third-order valence-corrected chi connectivity index (χ3v) is 5.21. The van der Waals surface area contributed by atoms with Crippen LogP contribution in [0.3, 0.4) is 0 Å². The van der Waals surface area contributed by atoms with Gasteiger partial charge in [-0.3, -0.25) is 4.90 Å². The van der Waals surface area contributed by atoms with Crippen LogP contribution in [0.5, 0.6) is 0 Å². The normalized spacial score (nSPS) is 16.1. The van der Waals surface area contributed by atoms with E-state index < -0.39 is 0 Å². The maximum atomic E-state index is 6.19. The van der Waals surface area contributed by atoms with Gasteiger partial charge in [0.15, 0.2) is 0 Å². The molecule has 0 aliphatic heterocycles. The van der Waals surface area contributed by atoms with Gasteiger partial charge < -0.3 is 5.73 Å². The predicted octanol–water partition coefficient (Wildman–Crippen LogP) is 3.41. The lowest BCUT2D eigenvalue weighted by atomic mass is 9.85. The molecule has 2 nitrogen and oxygen atoms in total. The highest BCUT2D eigenvalue weighted by atomic mass is 32.2. The minimum atomic E-state index is 0.0686. The van der Waals surface area contributed by atoms with E-state index in [-0.39, 0.29) is 5.54 Å². The summed E-state index contributed by atoms with van der Waals surface area (Å²) in [5.41, 5.74) is 7.63. The molecule has 1 rings (SSSR count). The van der Waals surface area contributed by atoms with Crippen LogP contribution >= 0.6 is 11.8 Å². The molecule has 20 heavy (non-hydrogen) atoms. The van der Waals surface area contributed by atoms with E-state index >= 15 is 0 Å². The van der Waals surface area contributed by atoms with Crippen LogP contribution in [-0.2, 0) is 6.42 Å². The van der Waals surface area contributed by atoms with Crippen LogP contribution in [-0.4, -0.2) is 42.1 Å². The van der Waals surface area contributed by atoms with E-state index in [0.29, 0.717) is 12.6 Å². The molecule has 114 valence electrons. The minimum Gasteiger partial charge on any atom is -0.329 e. The fourth-order valence-electron chi connectivity index (χ4n) is 2.78. The average Bonchev–Trinajstić information content (AvgIpc) is 2.50. The fourth-order valence-corrected chi connectivity index (χ4v) is 3.36. The van der Waals surface area contributed by atoms with Crippen LogP contribution in [0.25, 0.3) is 0 Å². The molecule has 0 saturated heterocycles. The molecule has 2 atom stereocenters. The van der Waals surface area contributed by atoms with Crippen molar-refractivity contribution < 1.29 is 0 Å². The molecule has 0 saturated carbocycles. The van der Waals surface area contributed by atoms with E-state index in [4.69, 9.17) is 5.73 Å². The van der Waals surface area contributed by atoms with Gasteiger partial charge in [-0.1, -0.05) is 37.3 Å². The quantitative estimate of drug-likeness (QED) is 0.757. The number of benzene rings is 1. The molecule has 0 fully saturated rings. The summed E-state index contributed by atoms with van der Waals surface area (Å²) in [7, 11) is 2.24. The lowest BCUT2D eigenvalue weighted by Gasteiger charge is -2.44. The van der Waals surface area contributed by atoms with Gasteiger partial charge >= 0.3 is 0 Å². The Balaban J connectivity index is 2.84. The molecular weight excluding hydrogens is 264 g/mol. The first-order valence-corrected chi connectivity index (χ1v) is 8.95. The number of likely N-dealkylation sites (N-methyl/N-ethyl adjacent to an activating group) is 1. The Morgan fingerprint density at radius 3 is 2.45 bits per heavy atom. The molecule has 0 bridgehead atoms. The van der Waals surface area contributed by atoms with Gasteiger partial charge in [0.25, 0.3) is 0 Å². The molecule has 0 heterocycles. The van der Waals surface area contributed by atoms with E-state index in [1.54, 1.807) is 0 Å². The maximum Gasteiger partial charge on any atom is 0.0369 e. The molecule has 0 radical (unpaired) electrons. The van der Waals surface area contributed by atoms with Crippen molar-refractivity contribution in [1.29, 1.82) is 0 Å². The Kier molecular flexibility index (Phi) is 7.63. The summed E-state index contributed by atoms with van der Waals surface area (Å²) in [6, 6.07) is 11.3. The van der Waals surface area contributed by atoms with Gasteiger partial charge in [0.2, 0.25) is 0 Å². The van der Waals surface area contributed by atoms with Crippen molar-refractivity contribution in [2.24, 2.45) is 5.73 Å². The van der Waals surface area contributed by atoms with E-state index in [1.165, 1.54) is 17.7 Å². The minimum absolute atomic E-state index is 0.0686. The van der Waals surface area contributed by atoms with Gasteiger partial charge in [-0.15, -0.1) is 0 Å². The van der Waals surface area contributed by atoms with Crippen LogP contribution in [0.4, 0.5) is 0 Å². The molecule has 3 heteroatoms. The summed E-state index contributed by atoms with van der Waals surface area (Å²) in [4.78, 5) is 2.51. The summed E-state index contributed by atoms with van der Waals surface area (Å²) in [6.07, 6.45) is 5.50. The Hall–Kier alpha value is -0.510. The summed E-state index contributed by atoms with van der Waals surface area (Å²) in [6.45, 7) is 5.29. The van der Waals surface area contributed by atoms with Crippen LogP contribution in [0, 0.1) is 0 Å². The van der Waals surface area contributed by atoms with E-state index in [0.717, 1.165) is 12.8 Å². The Labute approximate surface area is 129 Å². The molecule has 0 aliphatic carbocycles. The number of rotatable bonds is 9. The molecule has 1 aromatic rings. The highest BCUT2D eigenvalue weighted by Crippen LogP contribution is 2.26. The van der Waals surface area contributed by atoms with Crippen LogP contribution in [0.2, 0.25) is 0 Å². The van der Waals surface area contributed by atoms with Gasteiger partial charge in [-0.25, -0.2) is 0 Å². The van der Waals surface area contributed by atoms with Crippen LogP contribution in [0.15, 0.2) is 30.3 Å². The summed E-state index contributed by atoms with van der Waals surface area (Å²) in [5.74, 6) is 1.21. The Morgan fingerprint density at radius 1 is 1.30 bits per heavy atom. The Bertz CT molecular complexity index is 363. The lowest BCUT2D eigenvalue weighted by Crippen LogP contribution is -2.56. The largest absolute Gasteiger partial charge is 0.329 e. The first-order valence-electron chi connectivity index (χ1n) is 7.55. The second kappa shape index (κ2) is 8.71. The molecule has 1 aromatic carbocycles. The first-order chi connectivity index (χ1) is 9.59. The third kappa shape index (κ3) is 4.51. The fraction of sp³-hybridized carbons (Fsp3) is 0.647. The highest BCUT2D eigenvalue weighted by Gasteiger charge is 2.34. The molecule has 2 N–H and O–H groups in total. The number of thioether (sulfide) groups is 1. The second-order valence-corrected chi connectivity index (χ2v) is 6.67. The standard InChI is InChI=1S/C17H30N2S/c1-5-17(14-18,13-16-9-7-6-8-10-16)19(3)15(2)11-12-20-4/h6-10,15H,5,11-14,18H2,1-4H3. The van der Waals surface area contributed by atoms with Crippen molar-refractivity contribution in [3.63, 3.8) is 0 Å². The zero-order valence-electron chi connectivity index (χ0n) is 13.4. The van der Waals surface area contributed by atoms with Gasteiger partial charge in [0, 0.05) is 18.1 Å². The van der Waals surface area contributed by atoms with E-state index in [9.17, 15) is 0 Å². The summed E-state index contributed by atoms with van der Waals surface area (Å²) >= 11 is 1.92. The van der Waals surface area contributed by atoms with Crippen molar-refractivity contribution >= 4 is 11.8 Å². The number of nitrogens with two attached hydrogens (primary N) is 1. The molecule has 0 spiro atoms. The third-order valence-electron chi connectivity index (χ3n) is 4.56. The first kappa shape index (κ1) is 17.5. The van der Waals surface area contributed by atoms with Crippen LogP contribution in [0.1, 0.15) is 32.3 Å². The highest BCUT2D eigenvalue weighted by molar-refractivity contribution is 7.98. The zero-order valence-corrected chi connectivity index (χ0v) is 14.2. The van der Waals surface area contributed by atoms with Crippen molar-refractivity contribution in [3.8, 4) is 0 Å². The van der Waals surface area contributed by atoms with Gasteiger partial charge in [0.05, 0.1) is 0 Å². The van der Waals surface area contributed by atoms with Crippen molar-refractivity contribution in [2.45, 2.75) is 44.7 Å². The van der Waals surface area contributed by atoms with Gasteiger partial charge in [-0.2, -0.15) is 11.8 Å². The molecule has 0 amide bonds. The predicted molar refractivity (Wildman–Crippen MR) is 92.4 cm³/mol. The van der Waals surface area contributed by atoms with E-state index in [2.05, 4.69) is 62.4 Å². The monoisotopic (exact) mass is 294 g/mol. The summed E-state index contributed by atoms with van der Waals surface area (Å²) < 4.78 is 0. The SMILES string of the molecule is CCC(CN)(Cc1ccccc1)N(C)C(C)CCSC. The van der Waals surface area contributed by atoms with Crippen molar-refractivity contribution in [1.82, 2.24) is 4.90 Å². The topological polar surface area (TPSA) is 29.3 Å². The van der Waals surface area contributed by atoms with Crippen LogP contribution < -0.4 is 5.73 Å². The zero-order chi connectivity index (χ0) is 15.0. The smallest absolute Gasteiger partial charge is 0.0369 e. The number of nitrogens with zero attached hydrogens (tertiary/aromatic N) is 1. The molecule has 2 unspecified atom stereocenters. The van der Waals surface area contributed by atoms with Gasteiger partial charge in [0.1, 0.15) is 0 Å². The molecular formula is C17H30N2S. The molecule has 0 aliphatic rings. The number of hydrogen-bond acceptors (Lipinski definition) is 3. The maximum absolute atomic E-state index is 6.19. The average molecular weight is 295 g/mol. The van der Waals surface area contributed by atoms with Gasteiger partial charge in [-0.05, 0) is 50.8 Å². The Morgan fingerprint density at radius 2 is 1.95 bits per heavy atom. The van der Waals surface area contributed by atoms with Crippen molar-refractivity contribution in [3.05, 3.63) is 35.9 Å². The lowest BCUT2D eigenvalue weighted by molar-refractivity contribution is 0.0785. The van der Waals surface area contributed by atoms with Crippen molar-refractivity contribution in [2.75, 3.05) is 25.6 Å².